The fraction of sp³-hybridized carbons (Fsp3) is 0.263. The molecule has 3 aromatic rings. The second kappa shape index (κ2) is 7.89. The van der Waals surface area contributed by atoms with Gasteiger partial charge < -0.3 is 19.4 Å². The summed E-state index contributed by atoms with van der Waals surface area (Å²) in [5, 5.41) is 11.8. The number of pyridine rings is 1. The molecule has 1 aliphatic rings. The number of nitrogens with zero attached hydrogens (tertiary/aromatic N) is 4. The molecule has 0 radical (unpaired) electrons. The van der Waals surface area contributed by atoms with Crippen molar-refractivity contribution in [3.05, 3.63) is 42.7 Å². The van der Waals surface area contributed by atoms with E-state index in [0.29, 0.717) is 28.9 Å². The van der Waals surface area contributed by atoms with Crippen molar-refractivity contribution >= 4 is 23.4 Å². The number of rotatable bonds is 6. The summed E-state index contributed by atoms with van der Waals surface area (Å²) in [7, 11) is 0. The molecule has 0 fully saturated rings. The van der Waals surface area contributed by atoms with E-state index in [9.17, 15) is 4.79 Å². The van der Waals surface area contributed by atoms with Crippen molar-refractivity contribution in [2.75, 3.05) is 12.1 Å². The maximum atomic E-state index is 12.6. The maximum Gasteiger partial charge on any atom is 0.237 e. The van der Waals surface area contributed by atoms with Gasteiger partial charge in [0.2, 0.25) is 12.7 Å². The van der Waals surface area contributed by atoms with Gasteiger partial charge in [-0.3, -0.25) is 9.78 Å². The molecule has 0 saturated heterocycles. The molecule has 9 heteroatoms. The predicted octanol–water partition coefficient (Wildman–Crippen LogP) is 3.21. The van der Waals surface area contributed by atoms with E-state index in [-0.39, 0.29) is 18.0 Å². The molecular weight excluding hydrogens is 378 g/mol. The summed E-state index contributed by atoms with van der Waals surface area (Å²) in [5.41, 5.74) is 1.55. The van der Waals surface area contributed by atoms with Gasteiger partial charge in [0.05, 0.1) is 5.25 Å². The third kappa shape index (κ3) is 3.65. The Bertz CT molecular complexity index is 992. The van der Waals surface area contributed by atoms with Crippen LogP contribution in [-0.2, 0) is 11.3 Å². The summed E-state index contributed by atoms with van der Waals surface area (Å²) in [6.07, 6.45) is 3.47. The van der Waals surface area contributed by atoms with E-state index in [1.165, 1.54) is 11.8 Å². The fourth-order valence-corrected chi connectivity index (χ4v) is 3.71. The SMILES string of the molecule is CCn1c(SC(C)C(=O)Nc2ccc3c(c2)OCO3)nnc1-c1cccnc1. The van der Waals surface area contributed by atoms with Gasteiger partial charge in [-0.15, -0.1) is 10.2 Å². The number of hydrogen-bond acceptors (Lipinski definition) is 7. The molecule has 1 amide bonds. The molecule has 0 bridgehead atoms. The Hall–Kier alpha value is -3.07. The van der Waals surface area contributed by atoms with E-state index >= 15 is 0 Å². The van der Waals surface area contributed by atoms with Gasteiger partial charge in [0.1, 0.15) is 0 Å². The van der Waals surface area contributed by atoms with Crippen LogP contribution in [-0.4, -0.2) is 37.7 Å². The average Bonchev–Trinajstić information content (AvgIpc) is 3.34. The van der Waals surface area contributed by atoms with Crippen LogP contribution >= 0.6 is 11.8 Å². The normalized spacial score (nSPS) is 13.4. The summed E-state index contributed by atoms with van der Waals surface area (Å²) >= 11 is 1.36. The number of nitrogens with one attached hydrogen (secondary N) is 1. The lowest BCUT2D eigenvalue weighted by atomic mass is 10.2. The van der Waals surface area contributed by atoms with Crippen molar-refractivity contribution < 1.29 is 14.3 Å². The maximum absolute atomic E-state index is 12.6. The Kier molecular flexibility index (Phi) is 5.16. The third-order valence-corrected chi connectivity index (χ3v) is 5.32. The number of hydrogen-bond donors (Lipinski definition) is 1. The van der Waals surface area contributed by atoms with E-state index in [4.69, 9.17) is 9.47 Å². The predicted molar refractivity (Wildman–Crippen MR) is 105 cm³/mol. The first-order chi connectivity index (χ1) is 13.7. The third-order valence-electron chi connectivity index (χ3n) is 4.24. The summed E-state index contributed by atoms with van der Waals surface area (Å²) < 4.78 is 12.6. The van der Waals surface area contributed by atoms with Crippen LogP contribution in [0.3, 0.4) is 0 Å². The number of aromatic nitrogens is 4. The summed E-state index contributed by atoms with van der Waals surface area (Å²) in [6.45, 7) is 4.75. The number of thioether (sulfide) groups is 1. The minimum Gasteiger partial charge on any atom is -0.454 e. The monoisotopic (exact) mass is 397 g/mol. The first-order valence-electron chi connectivity index (χ1n) is 8.86. The molecule has 144 valence electrons. The molecule has 28 heavy (non-hydrogen) atoms. The van der Waals surface area contributed by atoms with Crippen LogP contribution in [0.1, 0.15) is 13.8 Å². The van der Waals surface area contributed by atoms with E-state index in [2.05, 4.69) is 20.5 Å². The van der Waals surface area contributed by atoms with Gasteiger partial charge in [0.15, 0.2) is 22.5 Å². The van der Waals surface area contributed by atoms with E-state index < -0.39 is 0 Å². The Labute approximate surface area is 166 Å². The van der Waals surface area contributed by atoms with Gasteiger partial charge in [0.25, 0.3) is 0 Å². The lowest BCUT2D eigenvalue weighted by molar-refractivity contribution is -0.115. The zero-order chi connectivity index (χ0) is 19.5. The standard InChI is InChI=1S/C19H19N5O3S/c1-3-24-17(13-5-4-8-20-10-13)22-23-19(24)28-12(2)18(25)21-14-6-7-15-16(9-14)27-11-26-15/h4-10,12H,3,11H2,1-2H3,(H,21,25). The van der Waals surface area contributed by atoms with Crippen LogP contribution in [0.5, 0.6) is 11.5 Å². The van der Waals surface area contributed by atoms with Crippen molar-refractivity contribution in [1.29, 1.82) is 0 Å². The number of fused-ring (bicyclic) bond motifs is 1. The minimum atomic E-state index is -0.360. The van der Waals surface area contributed by atoms with Gasteiger partial charge >= 0.3 is 0 Å². The highest BCUT2D eigenvalue weighted by Crippen LogP contribution is 2.34. The van der Waals surface area contributed by atoms with Crippen molar-refractivity contribution in [2.24, 2.45) is 0 Å². The Balaban J connectivity index is 1.46. The number of ether oxygens (including phenoxy) is 2. The zero-order valence-electron chi connectivity index (χ0n) is 15.5. The molecule has 2 aromatic heterocycles. The molecule has 0 aliphatic carbocycles. The fourth-order valence-electron chi connectivity index (χ4n) is 2.80. The number of benzene rings is 1. The van der Waals surface area contributed by atoms with Crippen molar-refractivity contribution in [3.63, 3.8) is 0 Å². The van der Waals surface area contributed by atoms with E-state index in [1.807, 2.05) is 30.5 Å². The molecule has 0 saturated carbocycles. The lowest BCUT2D eigenvalue weighted by Crippen LogP contribution is -2.22. The van der Waals surface area contributed by atoms with E-state index in [0.717, 1.165) is 11.4 Å². The highest BCUT2D eigenvalue weighted by Gasteiger charge is 2.21. The van der Waals surface area contributed by atoms with Crippen molar-refractivity contribution in [3.8, 4) is 22.9 Å². The molecule has 1 N–H and O–H groups in total. The molecule has 3 heterocycles. The molecule has 1 unspecified atom stereocenters. The number of amides is 1. The Morgan fingerprint density at radius 3 is 2.93 bits per heavy atom. The smallest absolute Gasteiger partial charge is 0.237 e. The number of carbonyl (C=O) groups is 1. The van der Waals surface area contributed by atoms with Gasteiger partial charge in [-0.2, -0.15) is 0 Å². The lowest BCUT2D eigenvalue weighted by Gasteiger charge is -2.13. The van der Waals surface area contributed by atoms with Gasteiger partial charge in [-0.05, 0) is 38.1 Å². The van der Waals surface area contributed by atoms with Crippen LogP contribution in [0, 0.1) is 0 Å². The minimum absolute atomic E-state index is 0.127. The Morgan fingerprint density at radius 2 is 2.14 bits per heavy atom. The molecule has 0 spiro atoms. The van der Waals surface area contributed by atoms with Crippen LogP contribution in [0.15, 0.2) is 47.9 Å². The molecular formula is C19H19N5O3S. The van der Waals surface area contributed by atoms with Crippen molar-refractivity contribution in [1.82, 2.24) is 19.7 Å². The molecule has 4 rings (SSSR count). The summed E-state index contributed by atoms with van der Waals surface area (Å²) in [6, 6.07) is 9.12. The zero-order valence-corrected chi connectivity index (χ0v) is 16.3. The van der Waals surface area contributed by atoms with Crippen molar-refractivity contribution in [2.45, 2.75) is 30.8 Å². The number of carbonyl (C=O) groups excluding carboxylic acids is 1. The van der Waals surface area contributed by atoms with Gasteiger partial charge in [-0.1, -0.05) is 11.8 Å². The van der Waals surface area contributed by atoms with E-state index in [1.54, 1.807) is 30.6 Å². The largest absolute Gasteiger partial charge is 0.454 e. The highest BCUT2D eigenvalue weighted by molar-refractivity contribution is 8.00. The number of anilines is 1. The van der Waals surface area contributed by atoms with Crippen LogP contribution in [0.25, 0.3) is 11.4 Å². The second-order valence-corrected chi connectivity index (χ2v) is 7.42. The van der Waals surface area contributed by atoms with Gasteiger partial charge in [0, 0.05) is 36.3 Å². The summed E-state index contributed by atoms with van der Waals surface area (Å²) in [4.78, 5) is 16.8. The van der Waals surface area contributed by atoms with Crippen LogP contribution in [0.4, 0.5) is 5.69 Å². The Morgan fingerprint density at radius 1 is 1.29 bits per heavy atom. The first-order valence-corrected chi connectivity index (χ1v) is 9.74. The average molecular weight is 397 g/mol. The first kappa shape index (κ1) is 18.3. The molecule has 1 aliphatic heterocycles. The van der Waals surface area contributed by atoms with Crippen LogP contribution in [0.2, 0.25) is 0 Å². The molecule has 1 aromatic carbocycles. The van der Waals surface area contributed by atoms with Crippen LogP contribution < -0.4 is 14.8 Å². The summed E-state index contributed by atoms with van der Waals surface area (Å²) in [5.74, 6) is 1.92. The molecule has 1 atom stereocenters. The highest BCUT2D eigenvalue weighted by atomic mass is 32.2. The quantitative estimate of drug-likeness (QED) is 0.639. The topological polar surface area (TPSA) is 91.2 Å². The van der Waals surface area contributed by atoms with Gasteiger partial charge in [-0.25, -0.2) is 0 Å². The molecule has 8 nitrogen and oxygen atoms in total. The second-order valence-electron chi connectivity index (χ2n) is 6.11.